The highest BCUT2D eigenvalue weighted by atomic mass is 32.2. The summed E-state index contributed by atoms with van der Waals surface area (Å²) < 4.78 is 26.9. The number of amides is 3. The summed E-state index contributed by atoms with van der Waals surface area (Å²) in [6, 6.07) is 10.0. The molecule has 0 atom stereocenters. The van der Waals surface area contributed by atoms with Crippen molar-refractivity contribution in [2.45, 2.75) is 18.7 Å². The van der Waals surface area contributed by atoms with Crippen LogP contribution in [0, 0.1) is 24.0 Å². The van der Waals surface area contributed by atoms with Crippen LogP contribution in [0.2, 0.25) is 0 Å². The number of nitro groups is 1. The van der Waals surface area contributed by atoms with Gasteiger partial charge in [0.2, 0.25) is 15.9 Å². The van der Waals surface area contributed by atoms with Gasteiger partial charge in [-0.25, -0.2) is 13.2 Å². The zero-order chi connectivity index (χ0) is 24.2. The van der Waals surface area contributed by atoms with Crippen LogP contribution in [0.3, 0.4) is 0 Å². The van der Waals surface area contributed by atoms with E-state index in [0.717, 1.165) is 21.5 Å². The first-order valence-electron chi connectivity index (χ1n) is 10.2. The molecule has 0 unspecified atom stereocenters. The largest absolute Gasteiger partial charge is 0.325 e. The molecule has 2 aromatic carbocycles. The Bertz CT molecular complexity index is 1180. The van der Waals surface area contributed by atoms with Gasteiger partial charge in [0.25, 0.3) is 5.69 Å². The topological polar surface area (TPSA) is 142 Å². The first kappa shape index (κ1) is 24.3. The number of hydrogen-bond acceptors (Lipinski definition) is 7. The van der Waals surface area contributed by atoms with Crippen LogP contribution < -0.4 is 10.6 Å². The molecule has 33 heavy (non-hydrogen) atoms. The van der Waals surface area contributed by atoms with E-state index < -0.39 is 32.6 Å². The maximum Gasteiger partial charge on any atom is 0.325 e. The van der Waals surface area contributed by atoms with Gasteiger partial charge in [0, 0.05) is 37.9 Å². The van der Waals surface area contributed by atoms with Gasteiger partial charge in [0.1, 0.15) is 0 Å². The number of nitrogens with one attached hydrogen (secondary N) is 2. The molecule has 1 aliphatic heterocycles. The van der Waals surface area contributed by atoms with Gasteiger partial charge in [-0.1, -0.05) is 24.3 Å². The second-order valence-corrected chi connectivity index (χ2v) is 9.56. The summed E-state index contributed by atoms with van der Waals surface area (Å²) in [5.41, 5.74) is 2.03. The summed E-state index contributed by atoms with van der Waals surface area (Å²) in [5.74, 6) is -0.521. The number of rotatable bonds is 6. The summed E-state index contributed by atoms with van der Waals surface area (Å²) in [6.45, 7) is 4.31. The fourth-order valence-corrected chi connectivity index (χ4v) is 5.08. The van der Waals surface area contributed by atoms with Crippen molar-refractivity contribution in [2.24, 2.45) is 0 Å². The molecule has 3 amide bonds. The van der Waals surface area contributed by atoms with E-state index in [-0.39, 0.29) is 37.6 Å². The predicted molar refractivity (Wildman–Crippen MR) is 121 cm³/mol. The molecule has 11 nitrogen and oxygen atoms in total. The molecule has 176 valence electrons. The predicted octanol–water partition coefficient (Wildman–Crippen LogP) is 1.87. The number of sulfonamides is 1. The van der Waals surface area contributed by atoms with Crippen molar-refractivity contribution in [3.8, 4) is 0 Å². The molecule has 0 saturated carbocycles. The molecular formula is C21H25N5O6S. The van der Waals surface area contributed by atoms with Crippen LogP contribution in [-0.4, -0.2) is 67.2 Å². The normalized spacial score (nSPS) is 15.1. The average Bonchev–Trinajstić information content (AvgIpc) is 2.77. The maximum atomic E-state index is 12.9. The number of nitrogens with zero attached hydrogens (tertiary/aromatic N) is 3. The number of hydrogen-bond donors (Lipinski definition) is 2. The smallest absolute Gasteiger partial charge is 0.307 e. The lowest BCUT2D eigenvalue weighted by molar-refractivity contribution is -0.387. The van der Waals surface area contributed by atoms with Gasteiger partial charge >= 0.3 is 6.03 Å². The molecule has 3 rings (SSSR count). The van der Waals surface area contributed by atoms with Gasteiger partial charge in [-0.15, -0.1) is 0 Å². The Balaban J connectivity index is 1.54. The Morgan fingerprint density at radius 3 is 2.36 bits per heavy atom. The molecule has 2 aromatic rings. The molecule has 0 aromatic heterocycles. The number of anilines is 1. The first-order chi connectivity index (χ1) is 15.6. The third-order valence-corrected chi connectivity index (χ3v) is 7.43. The standard InChI is InChI=1S/C21H25N5O6S/c1-15-6-5-7-17(16(15)2)22-21(28)23-20(27)14-24-10-12-25(13-11-24)33(31,32)19-9-4-3-8-18(19)26(29)30/h3-9H,10-14H2,1-2H3,(H2,22,23,27,28). The number of imide groups is 1. The van der Waals surface area contributed by atoms with Gasteiger partial charge in [0.15, 0.2) is 4.90 Å². The molecule has 1 heterocycles. The fourth-order valence-electron chi connectivity index (χ4n) is 3.50. The van der Waals surface area contributed by atoms with Crippen molar-refractivity contribution in [3.63, 3.8) is 0 Å². The van der Waals surface area contributed by atoms with Gasteiger partial charge in [-0.05, 0) is 37.1 Å². The monoisotopic (exact) mass is 475 g/mol. The highest BCUT2D eigenvalue weighted by Crippen LogP contribution is 2.26. The van der Waals surface area contributed by atoms with Gasteiger partial charge in [0.05, 0.1) is 11.5 Å². The number of carbonyl (C=O) groups is 2. The minimum absolute atomic E-state index is 0.0658. The fraction of sp³-hybridized carbons (Fsp3) is 0.333. The van der Waals surface area contributed by atoms with E-state index in [1.165, 1.54) is 18.2 Å². The number of carbonyl (C=O) groups excluding carboxylic acids is 2. The highest BCUT2D eigenvalue weighted by Gasteiger charge is 2.33. The van der Waals surface area contributed by atoms with E-state index in [0.29, 0.717) is 5.69 Å². The van der Waals surface area contributed by atoms with Crippen molar-refractivity contribution in [2.75, 3.05) is 38.0 Å². The Hall–Kier alpha value is -3.35. The van der Waals surface area contributed by atoms with E-state index in [1.54, 1.807) is 17.0 Å². The van der Waals surface area contributed by atoms with E-state index >= 15 is 0 Å². The first-order valence-corrected chi connectivity index (χ1v) is 11.7. The zero-order valence-corrected chi connectivity index (χ0v) is 19.1. The van der Waals surface area contributed by atoms with E-state index in [2.05, 4.69) is 10.6 Å². The van der Waals surface area contributed by atoms with Crippen molar-refractivity contribution in [1.29, 1.82) is 0 Å². The van der Waals surface area contributed by atoms with Gasteiger partial charge in [-0.2, -0.15) is 4.31 Å². The van der Waals surface area contributed by atoms with Gasteiger partial charge < -0.3 is 5.32 Å². The SMILES string of the molecule is Cc1cccc(NC(=O)NC(=O)CN2CCN(S(=O)(=O)c3ccccc3[N+](=O)[O-])CC2)c1C. The molecule has 1 aliphatic rings. The van der Waals surface area contributed by atoms with E-state index in [1.807, 2.05) is 19.9 Å². The van der Waals surface area contributed by atoms with Crippen LogP contribution in [0.25, 0.3) is 0 Å². The molecular weight excluding hydrogens is 450 g/mol. The minimum atomic E-state index is -4.05. The quantitative estimate of drug-likeness (QED) is 0.480. The van der Waals surface area contributed by atoms with Crippen molar-refractivity contribution in [1.82, 2.24) is 14.5 Å². The van der Waals surface area contributed by atoms with Crippen molar-refractivity contribution in [3.05, 3.63) is 63.7 Å². The minimum Gasteiger partial charge on any atom is -0.307 e. The van der Waals surface area contributed by atoms with Crippen LogP contribution in [-0.2, 0) is 14.8 Å². The molecule has 12 heteroatoms. The van der Waals surface area contributed by atoms with Gasteiger partial charge in [-0.3, -0.25) is 25.1 Å². The number of para-hydroxylation sites is 1. The maximum absolute atomic E-state index is 12.9. The second-order valence-electron chi connectivity index (χ2n) is 7.65. The average molecular weight is 476 g/mol. The molecule has 0 bridgehead atoms. The number of aryl methyl sites for hydroxylation is 1. The molecule has 1 fully saturated rings. The Morgan fingerprint density at radius 1 is 1.03 bits per heavy atom. The summed E-state index contributed by atoms with van der Waals surface area (Å²) in [4.78, 5) is 36.2. The molecule has 2 N–H and O–H groups in total. The summed E-state index contributed by atoms with van der Waals surface area (Å²) >= 11 is 0. The Kier molecular flexibility index (Phi) is 7.41. The van der Waals surface area contributed by atoms with Crippen LogP contribution in [0.15, 0.2) is 47.4 Å². The zero-order valence-electron chi connectivity index (χ0n) is 18.3. The van der Waals surface area contributed by atoms with Crippen LogP contribution in [0.1, 0.15) is 11.1 Å². The summed E-state index contributed by atoms with van der Waals surface area (Å²) in [5, 5.41) is 16.1. The summed E-state index contributed by atoms with van der Waals surface area (Å²) in [6.07, 6.45) is 0. The number of urea groups is 1. The molecule has 0 aliphatic carbocycles. The number of piperazine rings is 1. The third-order valence-electron chi connectivity index (χ3n) is 5.48. The Labute approximate surface area is 191 Å². The van der Waals surface area contributed by atoms with E-state index in [4.69, 9.17) is 0 Å². The molecule has 0 radical (unpaired) electrons. The number of nitro benzene ring substituents is 1. The Morgan fingerprint density at radius 2 is 1.70 bits per heavy atom. The lowest BCUT2D eigenvalue weighted by Gasteiger charge is -2.33. The number of benzene rings is 2. The van der Waals surface area contributed by atoms with E-state index in [9.17, 15) is 28.1 Å². The second kappa shape index (κ2) is 10.1. The van der Waals surface area contributed by atoms with Crippen molar-refractivity contribution >= 4 is 33.3 Å². The van der Waals surface area contributed by atoms with Crippen molar-refractivity contribution < 1.29 is 22.9 Å². The molecule has 0 spiro atoms. The highest BCUT2D eigenvalue weighted by molar-refractivity contribution is 7.89. The summed E-state index contributed by atoms with van der Waals surface area (Å²) in [7, 11) is -4.05. The van der Waals surface area contributed by atoms with Crippen LogP contribution in [0.5, 0.6) is 0 Å². The van der Waals surface area contributed by atoms with Crippen LogP contribution in [0.4, 0.5) is 16.2 Å². The molecule has 1 saturated heterocycles. The third kappa shape index (κ3) is 5.72. The van der Waals surface area contributed by atoms with Crippen LogP contribution >= 0.6 is 0 Å². The lowest BCUT2D eigenvalue weighted by atomic mass is 10.1. The lowest BCUT2D eigenvalue weighted by Crippen LogP contribution is -2.51.